The number of nitrogens with one attached hydrogen (secondary N) is 2. The van der Waals surface area contributed by atoms with E-state index < -0.39 is 10.0 Å². The molecular weight excluding hydrogens is 392 g/mol. The normalized spacial score (nSPS) is 11.3. The number of rotatable bonds is 10. The van der Waals surface area contributed by atoms with Gasteiger partial charge >= 0.3 is 0 Å². The van der Waals surface area contributed by atoms with Gasteiger partial charge in [-0.15, -0.1) is 0 Å². The SMILES string of the molecule is COCCNS(=O)(=O)c1ccc(CNC(=O)COc2cc(C)cc(C)c2C)cc1. The van der Waals surface area contributed by atoms with Gasteiger partial charge in [0.1, 0.15) is 5.75 Å². The van der Waals surface area contributed by atoms with E-state index in [1.807, 2.05) is 26.8 Å². The van der Waals surface area contributed by atoms with Gasteiger partial charge in [0.05, 0.1) is 11.5 Å². The molecule has 29 heavy (non-hydrogen) atoms. The summed E-state index contributed by atoms with van der Waals surface area (Å²) in [5.74, 6) is 0.453. The summed E-state index contributed by atoms with van der Waals surface area (Å²) < 4.78 is 37.2. The zero-order chi connectivity index (χ0) is 21.4. The van der Waals surface area contributed by atoms with Crippen LogP contribution in [0.15, 0.2) is 41.3 Å². The Bertz CT molecular complexity index is 940. The fraction of sp³-hybridized carbons (Fsp3) is 0.381. The van der Waals surface area contributed by atoms with Gasteiger partial charge in [0.15, 0.2) is 6.61 Å². The van der Waals surface area contributed by atoms with Crippen LogP contribution >= 0.6 is 0 Å². The van der Waals surface area contributed by atoms with E-state index in [9.17, 15) is 13.2 Å². The highest BCUT2D eigenvalue weighted by Gasteiger charge is 2.13. The van der Waals surface area contributed by atoms with Crippen molar-refractivity contribution in [2.75, 3.05) is 26.9 Å². The Morgan fingerprint density at radius 3 is 2.41 bits per heavy atom. The smallest absolute Gasteiger partial charge is 0.258 e. The lowest BCUT2D eigenvalue weighted by molar-refractivity contribution is -0.123. The van der Waals surface area contributed by atoms with Crippen LogP contribution in [0.5, 0.6) is 5.75 Å². The van der Waals surface area contributed by atoms with Crippen LogP contribution < -0.4 is 14.8 Å². The fourth-order valence-corrected chi connectivity index (χ4v) is 3.71. The van der Waals surface area contributed by atoms with Gasteiger partial charge in [-0.3, -0.25) is 4.79 Å². The zero-order valence-electron chi connectivity index (χ0n) is 17.2. The van der Waals surface area contributed by atoms with Crippen molar-refractivity contribution in [2.24, 2.45) is 0 Å². The number of benzene rings is 2. The summed E-state index contributed by atoms with van der Waals surface area (Å²) in [5.41, 5.74) is 4.00. The van der Waals surface area contributed by atoms with Crippen molar-refractivity contribution in [3.8, 4) is 5.75 Å². The van der Waals surface area contributed by atoms with Gasteiger partial charge in [0.2, 0.25) is 10.0 Å². The van der Waals surface area contributed by atoms with Gasteiger partial charge in [-0.2, -0.15) is 0 Å². The molecule has 0 unspecified atom stereocenters. The highest BCUT2D eigenvalue weighted by molar-refractivity contribution is 7.89. The first-order valence-electron chi connectivity index (χ1n) is 9.28. The van der Waals surface area contributed by atoms with Crippen molar-refractivity contribution >= 4 is 15.9 Å². The van der Waals surface area contributed by atoms with Crippen LogP contribution in [-0.4, -0.2) is 41.2 Å². The predicted molar refractivity (Wildman–Crippen MR) is 112 cm³/mol. The highest BCUT2D eigenvalue weighted by Crippen LogP contribution is 2.23. The summed E-state index contributed by atoms with van der Waals surface area (Å²) in [6.45, 7) is 6.65. The number of hydrogen-bond donors (Lipinski definition) is 2. The molecule has 0 aliphatic heterocycles. The Kier molecular flexibility index (Phi) is 8.19. The molecule has 0 aliphatic rings. The van der Waals surface area contributed by atoms with E-state index in [1.54, 1.807) is 12.1 Å². The van der Waals surface area contributed by atoms with Crippen molar-refractivity contribution in [3.05, 3.63) is 58.7 Å². The molecule has 8 heteroatoms. The molecule has 2 aromatic rings. The van der Waals surface area contributed by atoms with Gasteiger partial charge in [0.25, 0.3) is 5.91 Å². The average Bonchev–Trinajstić information content (AvgIpc) is 2.68. The van der Waals surface area contributed by atoms with Crippen LogP contribution in [0.1, 0.15) is 22.3 Å². The summed E-state index contributed by atoms with van der Waals surface area (Å²) >= 11 is 0. The van der Waals surface area contributed by atoms with E-state index in [2.05, 4.69) is 16.1 Å². The lowest BCUT2D eigenvalue weighted by Gasteiger charge is -2.12. The van der Waals surface area contributed by atoms with Crippen LogP contribution in [0.2, 0.25) is 0 Å². The third kappa shape index (κ3) is 6.85. The first kappa shape index (κ1) is 22.9. The molecule has 2 rings (SSSR count). The third-order valence-corrected chi connectivity index (χ3v) is 5.92. The van der Waals surface area contributed by atoms with Crippen molar-refractivity contribution in [1.82, 2.24) is 10.0 Å². The molecule has 0 fully saturated rings. The lowest BCUT2D eigenvalue weighted by atomic mass is 10.1. The Balaban J connectivity index is 1.86. The summed E-state index contributed by atoms with van der Waals surface area (Å²) in [7, 11) is -2.06. The molecule has 0 atom stereocenters. The maximum absolute atomic E-state index is 12.1. The van der Waals surface area contributed by atoms with Crippen LogP contribution in [0.3, 0.4) is 0 Å². The highest BCUT2D eigenvalue weighted by atomic mass is 32.2. The Morgan fingerprint density at radius 1 is 1.07 bits per heavy atom. The van der Waals surface area contributed by atoms with Crippen molar-refractivity contribution in [1.29, 1.82) is 0 Å². The molecule has 0 bridgehead atoms. The zero-order valence-corrected chi connectivity index (χ0v) is 18.1. The second kappa shape index (κ2) is 10.4. The molecule has 0 saturated heterocycles. The van der Waals surface area contributed by atoms with Gasteiger partial charge in [-0.1, -0.05) is 18.2 Å². The number of amides is 1. The molecule has 0 radical (unpaired) electrons. The Morgan fingerprint density at radius 2 is 1.76 bits per heavy atom. The molecule has 158 valence electrons. The molecule has 0 heterocycles. The quantitative estimate of drug-likeness (QED) is 0.575. The number of sulfonamides is 1. The number of methoxy groups -OCH3 is 1. The minimum Gasteiger partial charge on any atom is -0.483 e. The minimum absolute atomic E-state index is 0.0837. The molecule has 0 spiro atoms. The molecular formula is C21H28N2O5S. The second-order valence-corrected chi connectivity index (χ2v) is 8.57. The van der Waals surface area contributed by atoms with Crippen LogP contribution in [0.25, 0.3) is 0 Å². The minimum atomic E-state index is -3.57. The maximum atomic E-state index is 12.1. The monoisotopic (exact) mass is 420 g/mol. The molecule has 0 aromatic heterocycles. The third-order valence-electron chi connectivity index (χ3n) is 4.44. The summed E-state index contributed by atoms with van der Waals surface area (Å²) in [6.07, 6.45) is 0. The number of ether oxygens (including phenoxy) is 2. The van der Waals surface area contributed by atoms with E-state index in [0.29, 0.717) is 12.4 Å². The molecule has 0 aliphatic carbocycles. The summed E-state index contributed by atoms with van der Waals surface area (Å²) in [4.78, 5) is 12.3. The van der Waals surface area contributed by atoms with Gasteiger partial charge < -0.3 is 14.8 Å². The lowest BCUT2D eigenvalue weighted by Crippen LogP contribution is -2.29. The van der Waals surface area contributed by atoms with Crippen LogP contribution in [-0.2, 0) is 26.1 Å². The molecule has 2 aromatic carbocycles. The van der Waals surface area contributed by atoms with E-state index in [0.717, 1.165) is 22.3 Å². The van der Waals surface area contributed by atoms with Gasteiger partial charge in [0, 0.05) is 20.2 Å². The van der Waals surface area contributed by atoms with Crippen molar-refractivity contribution in [3.63, 3.8) is 0 Å². The molecule has 2 N–H and O–H groups in total. The fourth-order valence-electron chi connectivity index (χ4n) is 2.69. The van der Waals surface area contributed by atoms with Crippen molar-refractivity contribution < 1.29 is 22.7 Å². The van der Waals surface area contributed by atoms with Crippen molar-refractivity contribution in [2.45, 2.75) is 32.2 Å². The average molecular weight is 421 g/mol. The second-order valence-electron chi connectivity index (χ2n) is 6.80. The van der Waals surface area contributed by atoms with E-state index in [1.165, 1.54) is 19.2 Å². The van der Waals surface area contributed by atoms with Gasteiger partial charge in [-0.05, 0) is 61.2 Å². The van der Waals surface area contributed by atoms with E-state index in [4.69, 9.17) is 9.47 Å². The molecule has 0 saturated carbocycles. The number of hydrogen-bond acceptors (Lipinski definition) is 5. The van der Waals surface area contributed by atoms with E-state index >= 15 is 0 Å². The summed E-state index contributed by atoms with van der Waals surface area (Å²) in [5, 5.41) is 2.77. The number of carbonyl (C=O) groups excluding carboxylic acids is 1. The first-order chi connectivity index (χ1) is 13.7. The molecule has 1 amide bonds. The first-order valence-corrected chi connectivity index (χ1v) is 10.8. The topological polar surface area (TPSA) is 93.7 Å². The maximum Gasteiger partial charge on any atom is 0.258 e. The standard InChI is InChI=1S/C21H28N2O5S/c1-15-11-16(2)17(3)20(12-15)28-14-21(24)22-13-18-5-7-19(8-6-18)29(25,26)23-9-10-27-4/h5-8,11-12,23H,9-10,13-14H2,1-4H3,(H,22,24). The van der Waals surface area contributed by atoms with Crippen LogP contribution in [0.4, 0.5) is 0 Å². The Labute approximate surface area is 172 Å². The largest absolute Gasteiger partial charge is 0.483 e. The summed E-state index contributed by atoms with van der Waals surface area (Å²) in [6, 6.07) is 10.3. The number of carbonyl (C=O) groups is 1. The van der Waals surface area contributed by atoms with E-state index in [-0.39, 0.29) is 30.5 Å². The Hall–Kier alpha value is -2.42. The van der Waals surface area contributed by atoms with Gasteiger partial charge in [-0.25, -0.2) is 13.1 Å². The molecule has 7 nitrogen and oxygen atoms in total. The van der Waals surface area contributed by atoms with Crippen LogP contribution in [0, 0.1) is 20.8 Å². The predicted octanol–water partition coefficient (Wildman–Crippen LogP) is 2.23. The number of aryl methyl sites for hydroxylation is 2.